The van der Waals surface area contributed by atoms with Crippen molar-refractivity contribution in [1.82, 2.24) is 9.62 Å². The van der Waals surface area contributed by atoms with E-state index < -0.39 is 10.0 Å². The van der Waals surface area contributed by atoms with Crippen LogP contribution in [0.5, 0.6) is 0 Å². The minimum Gasteiger partial charge on any atom is -0.298 e. The van der Waals surface area contributed by atoms with Crippen molar-refractivity contribution >= 4 is 10.0 Å². The van der Waals surface area contributed by atoms with Crippen molar-refractivity contribution in [2.45, 2.75) is 50.4 Å². The average molecular weight is 308 g/mol. The highest BCUT2D eigenvalue weighted by Crippen LogP contribution is 2.28. The molecule has 0 bridgehead atoms. The molecule has 0 aromatic heterocycles. The molecule has 1 saturated heterocycles. The van der Waals surface area contributed by atoms with Gasteiger partial charge >= 0.3 is 0 Å². The van der Waals surface area contributed by atoms with Gasteiger partial charge in [0.2, 0.25) is 10.0 Å². The highest BCUT2D eigenvalue weighted by molar-refractivity contribution is 7.90. The molecule has 1 aromatic rings. The first-order chi connectivity index (χ1) is 10.0. The molecule has 1 aliphatic carbocycles. The molecule has 0 spiro atoms. The van der Waals surface area contributed by atoms with E-state index in [0.29, 0.717) is 0 Å². The van der Waals surface area contributed by atoms with Crippen LogP contribution in [0.2, 0.25) is 0 Å². The van der Waals surface area contributed by atoms with E-state index in [-0.39, 0.29) is 11.3 Å². The molecule has 1 atom stereocenters. The standard InChI is InChI=1S/C16H24N2O2S/c1-13-4-2-5-14(10-13)11-18-9-3-6-15(12-18)17-21(19,20)16-7-8-16/h2,4-5,10,15-17H,3,6-9,11-12H2,1H3. The zero-order valence-electron chi connectivity index (χ0n) is 12.6. The van der Waals surface area contributed by atoms with Crippen LogP contribution in [0, 0.1) is 6.92 Å². The van der Waals surface area contributed by atoms with Gasteiger partial charge in [-0.2, -0.15) is 0 Å². The van der Waals surface area contributed by atoms with E-state index in [9.17, 15) is 8.42 Å². The molecular formula is C16H24N2O2S. The van der Waals surface area contributed by atoms with Gasteiger partial charge in [-0.15, -0.1) is 0 Å². The third-order valence-electron chi connectivity index (χ3n) is 4.29. The molecule has 0 amide bonds. The van der Waals surface area contributed by atoms with Crippen LogP contribution >= 0.6 is 0 Å². The Hall–Kier alpha value is -0.910. The van der Waals surface area contributed by atoms with Crippen molar-refractivity contribution in [3.63, 3.8) is 0 Å². The number of hydrogen-bond donors (Lipinski definition) is 1. The summed E-state index contributed by atoms with van der Waals surface area (Å²) < 4.78 is 27.0. The van der Waals surface area contributed by atoms with Crippen LogP contribution in [0.4, 0.5) is 0 Å². The molecular weight excluding hydrogens is 284 g/mol. The Morgan fingerprint density at radius 1 is 1.29 bits per heavy atom. The highest BCUT2D eigenvalue weighted by Gasteiger charge is 2.37. The monoisotopic (exact) mass is 308 g/mol. The predicted octanol–water partition coefficient (Wildman–Crippen LogP) is 2.04. The lowest BCUT2D eigenvalue weighted by Gasteiger charge is -2.33. The van der Waals surface area contributed by atoms with Crippen molar-refractivity contribution in [1.29, 1.82) is 0 Å². The van der Waals surface area contributed by atoms with Crippen LogP contribution < -0.4 is 4.72 Å². The van der Waals surface area contributed by atoms with Gasteiger partial charge in [0.15, 0.2) is 0 Å². The lowest BCUT2D eigenvalue weighted by atomic mass is 10.1. The van der Waals surface area contributed by atoms with E-state index in [4.69, 9.17) is 0 Å². The van der Waals surface area contributed by atoms with E-state index in [1.807, 2.05) is 0 Å². The second-order valence-corrected chi connectivity index (χ2v) is 8.42. The Bertz CT molecular complexity index is 596. The normalized spacial score (nSPS) is 24.1. The first-order valence-corrected chi connectivity index (χ1v) is 9.36. The summed E-state index contributed by atoms with van der Waals surface area (Å²) in [6.45, 7) is 4.88. The summed E-state index contributed by atoms with van der Waals surface area (Å²) in [6, 6.07) is 8.62. The van der Waals surface area contributed by atoms with Crippen molar-refractivity contribution in [2.75, 3.05) is 13.1 Å². The van der Waals surface area contributed by atoms with Gasteiger partial charge in [0, 0.05) is 19.1 Å². The fraction of sp³-hybridized carbons (Fsp3) is 0.625. The number of aryl methyl sites for hydroxylation is 1. The summed E-state index contributed by atoms with van der Waals surface area (Å²) in [5.41, 5.74) is 2.58. The average Bonchev–Trinajstić information content (AvgIpc) is 3.23. The molecule has 3 rings (SSSR count). The second-order valence-electron chi connectivity index (χ2n) is 6.43. The molecule has 1 unspecified atom stereocenters. The predicted molar refractivity (Wildman–Crippen MR) is 84.6 cm³/mol. The number of nitrogens with zero attached hydrogens (tertiary/aromatic N) is 1. The fourth-order valence-electron chi connectivity index (χ4n) is 3.07. The van der Waals surface area contributed by atoms with Gasteiger partial charge in [-0.25, -0.2) is 13.1 Å². The number of sulfonamides is 1. The van der Waals surface area contributed by atoms with Gasteiger partial charge in [0.1, 0.15) is 0 Å². The molecule has 21 heavy (non-hydrogen) atoms. The number of likely N-dealkylation sites (tertiary alicyclic amines) is 1. The molecule has 5 heteroatoms. The summed E-state index contributed by atoms with van der Waals surface area (Å²) in [6.07, 6.45) is 3.67. The molecule has 1 N–H and O–H groups in total. The minimum atomic E-state index is -3.07. The van der Waals surface area contributed by atoms with E-state index in [1.165, 1.54) is 11.1 Å². The lowest BCUT2D eigenvalue weighted by Crippen LogP contribution is -2.48. The lowest BCUT2D eigenvalue weighted by molar-refractivity contribution is 0.194. The van der Waals surface area contributed by atoms with Gasteiger partial charge in [-0.1, -0.05) is 29.8 Å². The number of benzene rings is 1. The van der Waals surface area contributed by atoms with Crippen LogP contribution in [-0.4, -0.2) is 37.7 Å². The molecule has 0 radical (unpaired) electrons. The fourth-order valence-corrected chi connectivity index (χ4v) is 4.68. The van der Waals surface area contributed by atoms with Crippen molar-refractivity contribution in [3.05, 3.63) is 35.4 Å². The largest absolute Gasteiger partial charge is 0.298 e. The second kappa shape index (κ2) is 6.07. The Balaban J connectivity index is 1.58. The maximum atomic E-state index is 12.0. The maximum absolute atomic E-state index is 12.0. The Kier molecular flexibility index (Phi) is 4.33. The summed E-state index contributed by atoms with van der Waals surface area (Å²) in [4.78, 5) is 2.36. The van der Waals surface area contributed by atoms with Crippen LogP contribution in [-0.2, 0) is 16.6 Å². The Labute approximate surface area is 127 Å². The third kappa shape index (κ3) is 4.05. The van der Waals surface area contributed by atoms with Crippen molar-refractivity contribution in [2.24, 2.45) is 0 Å². The molecule has 1 saturated carbocycles. The summed E-state index contributed by atoms with van der Waals surface area (Å²) in [5.74, 6) is 0. The van der Waals surface area contributed by atoms with E-state index in [1.54, 1.807) is 0 Å². The quantitative estimate of drug-likeness (QED) is 0.905. The SMILES string of the molecule is Cc1cccc(CN2CCCC(NS(=O)(=O)C3CC3)C2)c1. The van der Waals surface area contributed by atoms with Crippen molar-refractivity contribution in [3.8, 4) is 0 Å². The van der Waals surface area contributed by atoms with Gasteiger partial charge in [0.25, 0.3) is 0 Å². The number of rotatable bonds is 5. The molecule has 2 aliphatic rings. The van der Waals surface area contributed by atoms with E-state index in [0.717, 1.165) is 45.3 Å². The molecule has 116 valence electrons. The molecule has 4 nitrogen and oxygen atoms in total. The maximum Gasteiger partial charge on any atom is 0.214 e. The van der Waals surface area contributed by atoms with Crippen molar-refractivity contribution < 1.29 is 8.42 Å². The minimum absolute atomic E-state index is 0.0779. The van der Waals surface area contributed by atoms with Gasteiger partial charge in [0.05, 0.1) is 5.25 Å². The van der Waals surface area contributed by atoms with Crippen LogP contribution in [0.3, 0.4) is 0 Å². The first kappa shape index (κ1) is 15.0. The summed E-state index contributed by atoms with van der Waals surface area (Å²) >= 11 is 0. The van der Waals surface area contributed by atoms with Gasteiger partial charge < -0.3 is 0 Å². The van der Waals surface area contributed by atoms with Gasteiger partial charge in [-0.3, -0.25) is 4.90 Å². The van der Waals surface area contributed by atoms with E-state index >= 15 is 0 Å². The topological polar surface area (TPSA) is 49.4 Å². The summed E-state index contributed by atoms with van der Waals surface area (Å²) in [7, 11) is -3.07. The van der Waals surface area contributed by atoms with E-state index in [2.05, 4.69) is 40.8 Å². The highest BCUT2D eigenvalue weighted by atomic mass is 32.2. The Morgan fingerprint density at radius 2 is 2.10 bits per heavy atom. The number of nitrogens with one attached hydrogen (secondary N) is 1. The molecule has 1 aromatic carbocycles. The zero-order valence-corrected chi connectivity index (χ0v) is 13.4. The Morgan fingerprint density at radius 3 is 2.81 bits per heavy atom. The number of hydrogen-bond acceptors (Lipinski definition) is 3. The van der Waals surface area contributed by atoms with Gasteiger partial charge in [-0.05, 0) is 44.7 Å². The van der Waals surface area contributed by atoms with Crippen LogP contribution in [0.25, 0.3) is 0 Å². The molecule has 1 heterocycles. The smallest absolute Gasteiger partial charge is 0.214 e. The molecule has 2 fully saturated rings. The van der Waals surface area contributed by atoms with Crippen LogP contribution in [0.1, 0.15) is 36.8 Å². The number of piperidine rings is 1. The molecule has 1 aliphatic heterocycles. The summed E-state index contributed by atoms with van der Waals surface area (Å²) in [5, 5.41) is -0.121. The third-order valence-corrected chi connectivity index (χ3v) is 6.30. The zero-order chi connectivity index (χ0) is 14.9. The van der Waals surface area contributed by atoms with Crippen LogP contribution in [0.15, 0.2) is 24.3 Å². The first-order valence-electron chi connectivity index (χ1n) is 7.82.